The molecule has 0 amide bonds. The number of hydrogen-bond donors (Lipinski definition) is 1. The fourth-order valence-corrected chi connectivity index (χ4v) is 1.94. The van der Waals surface area contributed by atoms with Crippen LogP contribution in [0.2, 0.25) is 0 Å². The summed E-state index contributed by atoms with van der Waals surface area (Å²) >= 11 is 0. The molecule has 0 saturated heterocycles. The van der Waals surface area contributed by atoms with Crippen LogP contribution in [-0.4, -0.2) is 7.11 Å². The van der Waals surface area contributed by atoms with E-state index >= 15 is 0 Å². The Morgan fingerprint density at radius 3 is 2.44 bits per heavy atom. The molecule has 1 unspecified atom stereocenters. The summed E-state index contributed by atoms with van der Waals surface area (Å²) in [4.78, 5) is 0. The molecule has 0 saturated carbocycles. The van der Waals surface area contributed by atoms with Gasteiger partial charge in [0, 0.05) is 17.8 Å². The number of aryl methyl sites for hydroxylation is 1. The van der Waals surface area contributed by atoms with Crippen LogP contribution in [0.5, 0.6) is 5.75 Å². The molecule has 0 heterocycles. The van der Waals surface area contributed by atoms with Crippen molar-refractivity contribution in [3.8, 4) is 5.75 Å². The molecule has 0 aliphatic heterocycles. The smallest absolute Gasteiger partial charge is 0.120 e. The molecule has 18 heavy (non-hydrogen) atoms. The summed E-state index contributed by atoms with van der Waals surface area (Å²) in [5.41, 5.74) is 3.61. The lowest BCUT2D eigenvalue weighted by molar-refractivity contribution is 0.415. The minimum absolute atomic E-state index is 0.275. The molecule has 0 spiro atoms. The number of rotatable bonds is 4. The van der Waals surface area contributed by atoms with Gasteiger partial charge in [-0.15, -0.1) is 0 Å². The van der Waals surface area contributed by atoms with Crippen LogP contribution in [0.1, 0.15) is 24.1 Å². The summed E-state index contributed by atoms with van der Waals surface area (Å²) < 4.78 is 5.26. The molecule has 0 aliphatic rings. The predicted octanol–water partition coefficient (Wildman–Crippen LogP) is 4.18. The number of nitrogens with one attached hydrogen (secondary N) is 1. The molecule has 1 atom stereocenters. The maximum atomic E-state index is 5.26. The number of anilines is 1. The lowest BCUT2D eigenvalue weighted by Crippen LogP contribution is -2.07. The Balaban J connectivity index is 2.18. The molecule has 0 fully saturated rings. The van der Waals surface area contributed by atoms with E-state index in [4.69, 9.17) is 4.74 Å². The molecule has 0 aromatic heterocycles. The van der Waals surface area contributed by atoms with E-state index < -0.39 is 0 Å². The van der Waals surface area contributed by atoms with Gasteiger partial charge in [-0.05, 0) is 31.0 Å². The first-order valence-electron chi connectivity index (χ1n) is 6.17. The van der Waals surface area contributed by atoms with Crippen LogP contribution < -0.4 is 10.1 Å². The summed E-state index contributed by atoms with van der Waals surface area (Å²) in [7, 11) is 1.69. The van der Waals surface area contributed by atoms with Gasteiger partial charge in [0.25, 0.3) is 0 Å². The summed E-state index contributed by atoms with van der Waals surface area (Å²) in [5.74, 6) is 0.878. The van der Waals surface area contributed by atoms with Crippen LogP contribution in [0.3, 0.4) is 0 Å². The Bertz CT molecular complexity index is 508. The molecule has 1 N–H and O–H groups in total. The van der Waals surface area contributed by atoms with Crippen LogP contribution in [0.15, 0.2) is 48.5 Å². The molecule has 2 heteroatoms. The first kappa shape index (κ1) is 12.5. The van der Waals surface area contributed by atoms with Crippen molar-refractivity contribution in [2.45, 2.75) is 19.9 Å². The van der Waals surface area contributed by atoms with Crippen molar-refractivity contribution in [3.05, 3.63) is 59.7 Å². The van der Waals surface area contributed by atoms with Crippen molar-refractivity contribution in [1.82, 2.24) is 0 Å². The van der Waals surface area contributed by atoms with Crippen molar-refractivity contribution in [3.63, 3.8) is 0 Å². The average molecular weight is 241 g/mol. The lowest BCUT2D eigenvalue weighted by atomic mass is 10.1. The minimum atomic E-state index is 0.275. The third-order valence-corrected chi connectivity index (χ3v) is 3.12. The number of ether oxygens (including phenoxy) is 1. The topological polar surface area (TPSA) is 21.3 Å². The second-order valence-electron chi connectivity index (χ2n) is 4.46. The SMILES string of the molecule is COc1ccc(C)c(NC(C)c2ccccc2)c1. The summed E-state index contributed by atoms with van der Waals surface area (Å²) in [5, 5.41) is 3.52. The van der Waals surface area contributed by atoms with Crippen molar-refractivity contribution >= 4 is 5.69 Å². The predicted molar refractivity (Wildman–Crippen MR) is 76.2 cm³/mol. The highest BCUT2D eigenvalue weighted by atomic mass is 16.5. The number of hydrogen-bond acceptors (Lipinski definition) is 2. The first-order chi connectivity index (χ1) is 8.70. The van der Waals surface area contributed by atoms with E-state index in [1.165, 1.54) is 11.1 Å². The largest absolute Gasteiger partial charge is 0.497 e. The zero-order chi connectivity index (χ0) is 13.0. The fourth-order valence-electron chi connectivity index (χ4n) is 1.94. The Morgan fingerprint density at radius 2 is 1.78 bits per heavy atom. The molecule has 94 valence electrons. The molecule has 2 aromatic carbocycles. The van der Waals surface area contributed by atoms with Gasteiger partial charge in [0.2, 0.25) is 0 Å². The third kappa shape index (κ3) is 2.83. The molecular formula is C16H19NO. The monoisotopic (exact) mass is 241 g/mol. The van der Waals surface area contributed by atoms with Gasteiger partial charge in [-0.2, -0.15) is 0 Å². The van der Waals surface area contributed by atoms with Gasteiger partial charge in [-0.3, -0.25) is 0 Å². The molecule has 2 nitrogen and oxygen atoms in total. The normalized spacial score (nSPS) is 11.9. The van der Waals surface area contributed by atoms with Crippen molar-refractivity contribution in [2.24, 2.45) is 0 Å². The van der Waals surface area contributed by atoms with Gasteiger partial charge in [0.15, 0.2) is 0 Å². The highest BCUT2D eigenvalue weighted by Crippen LogP contribution is 2.25. The molecule has 0 bridgehead atoms. The van der Waals surface area contributed by atoms with E-state index in [1.54, 1.807) is 7.11 Å². The van der Waals surface area contributed by atoms with E-state index in [9.17, 15) is 0 Å². The van der Waals surface area contributed by atoms with Gasteiger partial charge >= 0.3 is 0 Å². The van der Waals surface area contributed by atoms with Crippen LogP contribution in [0, 0.1) is 6.92 Å². The van der Waals surface area contributed by atoms with Gasteiger partial charge in [0.05, 0.1) is 7.11 Å². The Hall–Kier alpha value is -1.96. The molecule has 0 aliphatic carbocycles. The van der Waals surface area contributed by atoms with E-state index in [0.29, 0.717) is 0 Å². The maximum Gasteiger partial charge on any atom is 0.120 e. The second kappa shape index (κ2) is 5.58. The zero-order valence-electron chi connectivity index (χ0n) is 11.1. The van der Waals surface area contributed by atoms with Gasteiger partial charge in [-0.25, -0.2) is 0 Å². The van der Waals surface area contributed by atoms with Crippen molar-refractivity contribution < 1.29 is 4.74 Å². The van der Waals surface area contributed by atoms with Crippen molar-refractivity contribution in [1.29, 1.82) is 0 Å². The minimum Gasteiger partial charge on any atom is -0.497 e. The highest BCUT2D eigenvalue weighted by Gasteiger charge is 2.07. The van der Waals surface area contributed by atoms with Gasteiger partial charge in [-0.1, -0.05) is 36.4 Å². The van der Waals surface area contributed by atoms with Crippen LogP contribution in [0.25, 0.3) is 0 Å². The highest BCUT2D eigenvalue weighted by molar-refractivity contribution is 5.55. The zero-order valence-corrected chi connectivity index (χ0v) is 11.1. The maximum absolute atomic E-state index is 5.26. The van der Waals surface area contributed by atoms with E-state index in [2.05, 4.69) is 49.5 Å². The van der Waals surface area contributed by atoms with Gasteiger partial charge < -0.3 is 10.1 Å². The number of methoxy groups -OCH3 is 1. The fraction of sp³-hybridized carbons (Fsp3) is 0.250. The van der Waals surface area contributed by atoms with Gasteiger partial charge in [0.1, 0.15) is 5.75 Å². The quantitative estimate of drug-likeness (QED) is 0.867. The number of benzene rings is 2. The summed E-state index contributed by atoms with van der Waals surface area (Å²) in [6.45, 7) is 4.26. The van der Waals surface area contributed by atoms with Crippen LogP contribution >= 0.6 is 0 Å². The van der Waals surface area contributed by atoms with E-state index in [1.807, 2.05) is 18.2 Å². The second-order valence-corrected chi connectivity index (χ2v) is 4.46. The lowest BCUT2D eigenvalue weighted by Gasteiger charge is -2.18. The summed E-state index contributed by atoms with van der Waals surface area (Å²) in [6, 6.07) is 16.8. The molecule has 2 rings (SSSR count). The van der Waals surface area contributed by atoms with Crippen molar-refractivity contribution in [2.75, 3.05) is 12.4 Å². The molecule has 0 radical (unpaired) electrons. The van der Waals surface area contributed by atoms with Crippen LogP contribution in [0.4, 0.5) is 5.69 Å². The van der Waals surface area contributed by atoms with Crippen LogP contribution in [-0.2, 0) is 0 Å². The molecular weight excluding hydrogens is 222 g/mol. The van der Waals surface area contributed by atoms with E-state index in [-0.39, 0.29) is 6.04 Å². The Labute approximate surface area is 109 Å². The first-order valence-corrected chi connectivity index (χ1v) is 6.17. The Morgan fingerprint density at radius 1 is 1.06 bits per heavy atom. The standard InChI is InChI=1S/C16H19NO/c1-12-9-10-15(18-3)11-16(12)17-13(2)14-7-5-4-6-8-14/h4-11,13,17H,1-3H3. The summed E-state index contributed by atoms with van der Waals surface area (Å²) in [6.07, 6.45) is 0. The third-order valence-electron chi connectivity index (χ3n) is 3.12. The average Bonchev–Trinajstić information content (AvgIpc) is 2.42. The molecule has 2 aromatic rings. The Kier molecular flexibility index (Phi) is 3.88. The van der Waals surface area contributed by atoms with E-state index in [0.717, 1.165) is 11.4 Å².